The Bertz CT molecular complexity index is 1380. The highest BCUT2D eigenvalue weighted by Gasteiger charge is 2.46. The van der Waals surface area contributed by atoms with Gasteiger partial charge < -0.3 is 34.3 Å². The molecule has 398 valence electrons. The van der Waals surface area contributed by atoms with Crippen molar-refractivity contribution >= 4 is 22.1 Å². The number of carbonyl (C=O) groups is 2. The summed E-state index contributed by atoms with van der Waals surface area (Å²) in [6.07, 6.45) is 44.8. The lowest BCUT2D eigenvalue weighted by atomic mass is 10.00. The van der Waals surface area contributed by atoms with Crippen LogP contribution in [0.1, 0.15) is 245 Å². The summed E-state index contributed by atoms with van der Waals surface area (Å²) in [5.41, 5.74) is 0. The molecule has 12 nitrogen and oxygen atoms in total. The highest BCUT2D eigenvalue weighted by Crippen LogP contribution is 2.24. The molecule has 0 spiro atoms. The minimum absolute atomic E-state index is 0.105. The van der Waals surface area contributed by atoms with E-state index < -0.39 is 71.2 Å². The Labute approximate surface area is 414 Å². The minimum Gasteiger partial charge on any atom is -0.462 e. The van der Waals surface area contributed by atoms with Crippen molar-refractivity contribution in [2.45, 2.75) is 282 Å². The van der Waals surface area contributed by atoms with Gasteiger partial charge in [-0.1, -0.05) is 198 Å². The molecule has 0 saturated carbocycles. The lowest BCUT2D eigenvalue weighted by Crippen LogP contribution is -2.60. The van der Waals surface area contributed by atoms with Crippen LogP contribution in [0.5, 0.6) is 0 Å². The molecular weight excluding hydrogens is 885 g/mol. The van der Waals surface area contributed by atoms with Crippen molar-refractivity contribution in [3.05, 3.63) is 36.5 Å². The van der Waals surface area contributed by atoms with E-state index in [9.17, 15) is 37.9 Å². The maximum absolute atomic E-state index is 12.9. The average molecular weight is 985 g/mol. The molecule has 1 aliphatic heterocycles. The van der Waals surface area contributed by atoms with Gasteiger partial charge in [0.1, 0.15) is 36.8 Å². The number of allylic oxidation sites excluding steroid dienone is 6. The fourth-order valence-corrected chi connectivity index (χ4v) is 9.09. The number of aliphatic hydroxyl groups is 3. The van der Waals surface area contributed by atoms with Crippen LogP contribution in [-0.2, 0) is 38.7 Å². The predicted molar refractivity (Wildman–Crippen MR) is 275 cm³/mol. The van der Waals surface area contributed by atoms with E-state index in [2.05, 4.69) is 50.3 Å². The second-order valence-corrected chi connectivity index (χ2v) is 20.7. The first-order valence-corrected chi connectivity index (χ1v) is 29.2. The van der Waals surface area contributed by atoms with E-state index in [0.717, 1.165) is 44.9 Å². The van der Waals surface area contributed by atoms with E-state index in [1.807, 2.05) is 0 Å². The smallest absolute Gasteiger partial charge is 0.306 e. The van der Waals surface area contributed by atoms with Gasteiger partial charge in [0.15, 0.2) is 12.4 Å². The Balaban J connectivity index is 2.36. The average Bonchev–Trinajstić information content (AvgIpc) is 3.31. The fraction of sp³-hybridized carbons (Fsp3) is 0.855. The molecule has 6 atom stereocenters. The normalized spacial score (nSPS) is 19.4. The van der Waals surface area contributed by atoms with Crippen molar-refractivity contribution in [3.63, 3.8) is 0 Å². The molecule has 0 aromatic carbocycles. The van der Waals surface area contributed by atoms with Crippen LogP contribution in [0.25, 0.3) is 0 Å². The topological polar surface area (TPSA) is 186 Å². The Morgan fingerprint density at radius 1 is 0.485 bits per heavy atom. The Hall–Kier alpha value is -2.13. The Morgan fingerprint density at radius 2 is 0.868 bits per heavy atom. The summed E-state index contributed by atoms with van der Waals surface area (Å²) < 4.78 is 54.3. The summed E-state index contributed by atoms with van der Waals surface area (Å²) >= 11 is 0. The van der Waals surface area contributed by atoms with Gasteiger partial charge in [0.25, 0.3) is 10.1 Å². The van der Waals surface area contributed by atoms with Crippen LogP contribution in [0.4, 0.5) is 0 Å². The van der Waals surface area contributed by atoms with Gasteiger partial charge in [-0.05, 0) is 70.6 Å². The third-order valence-electron chi connectivity index (χ3n) is 12.7. The van der Waals surface area contributed by atoms with Crippen LogP contribution < -0.4 is 0 Å². The van der Waals surface area contributed by atoms with Gasteiger partial charge in [0, 0.05) is 12.8 Å². The lowest BCUT2D eigenvalue weighted by Gasteiger charge is -2.40. The molecule has 1 aliphatic rings. The van der Waals surface area contributed by atoms with Crippen molar-refractivity contribution in [1.82, 2.24) is 0 Å². The molecule has 0 amide bonds. The van der Waals surface area contributed by atoms with E-state index in [1.165, 1.54) is 154 Å². The first kappa shape index (κ1) is 63.9. The van der Waals surface area contributed by atoms with Crippen LogP contribution in [-0.4, -0.2) is 96.0 Å². The number of carbonyl (C=O) groups excluding carboxylic acids is 2. The van der Waals surface area contributed by atoms with Gasteiger partial charge in [-0.2, -0.15) is 8.42 Å². The highest BCUT2D eigenvalue weighted by molar-refractivity contribution is 7.85. The SMILES string of the molecule is CCCCCCCC/C=C/CCCCCCCCCC(=O)OC[C@H](CO[C@H]1O[C@H](CS(=O)(=O)O)[C@@H](O)C(O)C1O)OC(=O)CCC/C=C/CC/C=C/CCCCCCCCCCCCCCCC. The van der Waals surface area contributed by atoms with Crippen molar-refractivity contribution in [1.29, 1.82) is 0 Å². The van der Waals surface area contributed by atoms with Gasteiger partial charge in [-0.15, -0.1) is 0 Å². The molecule has 1 saturated heterocycles. The first-order valence-electron chi connectivity index (χ1n) is 27.5. The summed E-state index contributed by atoms with van der Waals surface area (Å²) in [5.74, 6) is -2.03. The number of ether oxygens (including phenoxy) is 4. The summed E-state index contributed by atoms with van der Waals surface area (Å²) in [6.45, 7) is 3.76. The molecule has 4 N–H and O–H groups in total. The number of unbranched alkanes of at least 4 members (excludes halogenated alkanes) is 29. The zero-order valence-corrected chi connectivity index (χ0v) is 43.8. The molecule has 0 aromatic heterocycles. The second kappa shape index (κ2) is 44.8. The number of esters is 2. The zero-order valence-electron chi connectivity index (χ0n) is 43.0. The Morgan fingerprint density at radius 3 is 1.31 bits per heavy atom. The third-order valence-corrected chi connectivity index (χ3v) is 13.4. The van der Waals surface area contributed by atoms with Crippen molar-refractivity contribution in [2.24, 2.45) is 0 Å². The molecular formula is C55H100O12S. The van der Waals surface area contributed by atoms with Crippen molar-refractivity contribution in [2.75, 3.05) is 19.0 Å². The standard InChI is InChI=1S/C55H100O12S/c1-3-5-7-9-11-13-15-17-19-21-22-23-24-25-26-28-30-32-34-36-38-40-42-44-51(57)66-48(46-65-55-54(60)53(59)52(58)49(67-55)47-68(61,62)63)45-64-50(56)43-41-39-37-35-33-31-29-27-20-18-16-14-12-10-8-6-4-2/h18,20,28,30,36,38,48-49,52-55,58-60H,3-17,19,21-27,29,31-35,37,39-47H2,1-2H3,(H,61,62,63)/b20-18+,30-28+,38-36+/t48-,49-,52-,53?,54?,55+/m1/s1. The third kappa shape index (κ3) is 38.6. The minimum atomic E-state index is -4.61. The lowest BCUT2D eigenvalue weighted by molar-refractivity contribution is -0.297. The zero-order chi connectivity index (χ0) is 49.8. The number of rotatable bonds is 47. The van der Waals surface area contributed by atoms with Gasteiger partial charge in [-0.25, -0.2) is 0 Å². The quantitative estimate of drug-likeness (QED) is 0.0196. The van der Waals surface area contributed by atoms with Crippen LogP contribution in [0.3, 0.4) is 0 Å². The molecule has 68 heavy (non-hydrogen) atoms. The molecule has 0 aliphatic carbocycles. The van der Waals surface area contributed by atoms with Crippen LogP contribution in [0.15, 0.2) is 36.5 Å². The second-order valence-electron chi connectivity index (χ2n) is 19.2. The van der Waals surface area contributed by atoms with Gasteiger partial charge >= 0.3 is 11.9 Å². The van der Waals surface area contributed by atoms with E-state index in [1.54, 1.807) is 0 Å². The van der Waals surface area contributed by atoms with Crippen LogP contribution in [0.2, 0.25) is 0 Å². The number of hydrogen-bond donors (Lipinski definition) is 4. The molecule has 0 bridgehead atoms. The molecule has 1 rings (SSSR count). The molecule has 0 radical (unpaired) electrons. The Kier molecular flexibility index (Phi) is 42.1. The summed E-state index contributed by atoms with van der Waals surface area (Å²) in [4.78, 5) is 25.5. The summed E-state index contributed by atoms with van der Waals surface area (Å²) in [5, 5.41) is 31.0. The molecule has 0 aromatic rings. The predicted octanol–water partition coefficient (Wildman–Crippen LogP) is 12.9. The van der Waals surface area contributed by atoms with E-state index in [-0.39, 0.29) is 19.4 Å². The molecule has 1 heterocycles. The maximum atomic E-state index is 12.9. The monoisotopic (exact) mass is 985 g/mol. The molecule has 2 unspecified atom stereocenters. The van der Waals surface area contributed by atoms with Crippen LogP contribution in [0, 0.1) is 0 Å². The molecule has 13 heteroatoms. The fourth-order valence-electron chi connectivity index (χ4n) is 8.40. The first-order chi connectivity index (χ1) is 33.0. The number of aliphatic hydroxyl groups excluding tert-OH is 3. The molecule has 1 fully saturated rings. The van der Waals surface area contributed by atoms with Gasteiger partial charge in [-0.3, -0.25) is 14.1 Å². The van der Waals surface area contributed by atoms with E-state index in [4.69, 9.17) is 18.9 Å². The van der Waals surface area contributed by atoms with Gasteiger partial charge in [0.2, 0.25) is 0 Å². The summed E-state index contributed by atoms with van der Waals surface area (Å²) in [7, 11) is -4.61. The largest absolute Gasteiger partial charge is 0.462 e. The number of hydrogen-bond acceptors (Lipinski definition) is 11. The maximum Gasteiger partial charge on any atom is 0.306 e. The van der Waals surface area contributed by atoms with Crippen molar-refractivity contribution < 1.29 is 56.8 Å². The van der Waals surface area contributed by atoms with E-state index >= 15 is 0 Å². The van der Waals surface area contributed by atoms with E-state index in [0.29, 0.717) is 19.3 Å². The van der Waals surface area contributed by atoms with Crippen molar-refractivity contribution in [3.8, 4) is 0 Å². The highest BCUT2D eigenvalue weighted by atomic mass is 32.2. The van der Waals surface area contributed by atoms with Crippen LogP contribution >= 0.6 is 0 Å². The van der Waals surface area contributed by atoms with Gasteiger partial charge in [0.05, 0.1) is 6.61 Å². The summed E-state index contributed by atoms with van der Waals surface area (Å²) in [6, 6.07) is 0.